The summed E-state index contributed by atoms with van der Waals surface area (Å²) in [6.07, 6.45) is 2.29. The zero-order valence-corrected chi connectivity index (χ0v) is 9.45. The molecule has 2 heteroatoms. The van der Waals surface area contributed by atoms with E-state index in [0.717, 1.165) is 19.5 Å². The molecule has 1 heterocycles. The smallest absolute Gasteiger partial charge is 0.0210 e. The van der Waals surface area contributed by atoms with Crippen molar-refractivity contribution in [1.29, 1.82) is 0 Å². The minimum Gasteiger partial charge on any atom is -0.312 e. The van der Waals surface area contributed by atoms with Crippen molar-refractivity contribution in [2.24, 2.45) is 0 Å². The van der Waals surface area contributed by atoms with Gasteiger partial charge in [0.1, 0.15) is 0 Å². The molecule has 2 rings (SSSR count). The molecule has 0 bridgehead atoms. The van der Waals surface area contributed by atoms with Crippen LogP contribution in [-0.2, 0) is 19.4 Å². The van der Waals surface area contributed by atoms with Crippen LogP contribution >= 0.6 is 15.9 Å². The standard InChI is InChI=1S/C11H14BrN/c1-2-8-5-9-3-4-13-7-10(9)6-11(8)12/h5-6,13H,2-4,7H2,1H3. The third kappa shape index (κ3) is 1.79. The normalized spacial score (nSPS) is 15.5. The first-order chi connectivity index (χ1) is 6.31. The number of hydrogen-bond donors (Lipinski definition) is 1. The van der Waals surface area contributed by atoms with Gasteiger partial charge in [0.2, 0.25) is 0 Å². The highest BCUT2D eigenvalue weighted by atomic mass is 79.9. The van der Waals surface area contributed by atoms with Gasteiger partial charge in [-0.05, 0) is 42.1 Å². The highest BCUT2D eigenvalue weighted by Gasteiger charge is 2.10. The van der Waals surface area contributed by atoms with E-state index >= 15 is 0 Å². The van der Waals surface area contributed by atoms with Crippen molar-refractivity contribution >= 4 is 15.9 Å². The van der Waals surface area contributed by atoms with E-state index in [1.807, 2.05) is 0 Å². The average Bonchev–Trinajstić information content (AvgIpc) is 2.17. The molecular weight excluding hydrogens is 226 g/mol. The maximum atomic E-state index is 3.61. The van der Waals surface area contributed by atoms with E-state index in [0.29, 0.717) is 0 Å². The molecule has 1 nitrogen and oxygen atoms in total. The summed E-state index contributed by atoms with van der Waals surface area (Å²) in [5, 5.41) is 3.38. The van der Waals surface area contributed by atoms with Crippen LogP contribution in [0.1, 0.15) is 23.6 Å². The quantitative estimate of drug-likeness (QED) is 0.795. The molecule has 1 aliphatic rings. The lowest BCUT2D eigenvalue weighted by molar-refractivity contribution is 0.642. The molecule has 0 saturated heterocycles. The summed E-state index contributed by atoms with van der Waals surface area (Å²) in [6.45, 7) is 4.35. The minimum atomic E-state index is 1.03. The van der Waals surface area contributed by atoms with Crippen molar-refractivity contribution in [1.82, 2.24) is 5.32 Å². The summed E-state index contributed by atoms with van der Waals surface area (Å²) < 4.78 is 1.26. The van der Waals surface area contributed by atoms with Gasteiger partial charge in [-0.15, -0.1) is 0 Å². The monoisotopic (exact) mass is 239 g/mol. The lowest BCUT2D eigenvalue weighted by atomic mass is 9.98. The first-order valence-electron chi connectivity index (χ1n) is 4.82. The predicted molar refractivity (Wildman–Crippen MR) is 58.9 cm³/mol. The molecule has 0 spiro atoms. The van der Waals surface area contributed by atoms with Gasteiger partial charge in [-0.3, -0.25) is 0 Å². The molecule has 13 heavy (non-hydrogen) atoms. The van der Waals surface area contributed by atoms with Crippen LogP contribution in [0.5, 0.6) is 0 Å². The van der Waals surface area contributed by atoms with E-state index in [1.54, 1.807) is 0 Å². The SMILES string of the molecule is CCc1cc2c(cc1Br)CNCC2. The molecule has 0 aliphatic carbocycles. The summed E-state index contributed by atoms with van der Waals surface area (Å²) >= 11 is 3.61. The van der Waals surface area contributed by atoms with E-state index < -0.39 is 0 Å². The molecule has 70 valence electrons. The molecule has 1 N–H and O–H groups in total. The number of hydrogen-bond acceptors (Lipinski definition) is 1. The number of fused-ring (bicyclic) bond motifs is 1. The molecule has 0 amide bonds. The van der Waals surface area contributed by atoms with Crippen LogP contribution < -0.4 is 5.32 Å². The lowest BCUT2D eigenvalue weighted by Gasteiger charge is -2.18. The van der Waals surface area contributed by atoms with Gasteiger partial charge in [-0.1, -0.05) is 28.9 Å². The van der Waals surface area contributed by atoms with Crippen LogP contribution in [0.3, 0.4) is 0 Å². The average molecular weight is 240 g/mol. The fourth-order valence-corrected chi connectivity index (χ4v) is 2.50. The molecular formula is C11H14BrN. The molecule has 0 fully saturated rings. The molecule has 0 saturated carbocycles. The Kier molecular flexibility index (Phi) is 2.70. The molecule has 0 aromatic heterocycles. The van der Waals surface area contributed by atoms with Crippen molar-refractivity contribution in [2.75, 3.05) is 6.54 Å². The second-order valence-electron chi connectivity index (χ2n) is 3.49. The Morgan fingerprint density at radius 3 is 3.00 bits per heavy atom. The van der Waals surface area contributed by atoms with Gasteiger partial charge in [0.25, 0.3) is 0 Å². The van der Waals surface area contributed by atoms with Crippen LogP contribution in [-0.4, -0.2) is 6.54 Å². The minimum absolute atomic E-state index is 1.03. The van der Waals surface area contributed by atoms with Crippen LogP contribution in [0.25, 0.3) is 0 Å². The predicted octanol–water partition coefficient (Wildman–Crippen LogP) is 2.66. The highest BCUT2D eigenvalue weighted by Crippen LogP contribution is 2.24. The van der Waals surface area contributed by atoms with Crippen molar-refractivity contribution in [2.45, 2.75) is 26.3 Å². The largest absolute Gasteiger partial charge is 0.312 e. The number of benzene rings is 1. The number of halogens is 1. The van der Waals surface area contributed by atoms with Gasteiger partial charge < -0.3 is 5.32 Å². The zero-order chi connectivity index (χ0) is 9.26. The van der Waals surface area contributed by atoms with Crippen LogP contribution in [0.2, 0.25) is 0 Å². The Hall–Kier alpha value is -0.340. The lowest BCUT2D eigenvalue weighted by Crippen LogP contribution is -2.23. The van der Waals surface area contributed by atoms with Crippen molar-refractivity contribution in [3.63, 3.8) is 0 Å². The van der Waals surface area contributed by atoms with Gasteiger partial charge in [0, 0.05) is 11.0 Å². The Morgan fingerprint density at radius 1 is 1.38 bits per heavy atom. The van der Waals surface area contributed by atoms with E-state index in [9.17, 15) is 0 Å². The van der Waals surface area contributed by atoms with Crippen molar-refractivity contribution < 1.29 is 0 Å². The number of rotatable bonds is 1. The maximum Gasteiger partial charge on any atom is 0.0210 e. The van der Waals surface area contributed by atoms with Crippen molar-refractivity contribution in [3.05, 3.63) is 33.3 Å². The number of nitrogens with one attached hydrogen (secondary N) is 1. The molecule has 0 unspecified atom stereocenters. The third-order valence-electron chi connectivity index (χ3n) is 2.64. The Bertz CT molecular complexity index is 320. The van der Waals surface area contributed by atoms with Gasteiger partial charge >= 0.3 is 0 Å². The zero-order valence-electron chi connectivity index (χ0n) is 7.86. The molecule has 1 aromatic carbocycles. The first kappa shape index (κ1) is 9.22. The second kappa shape index (κ2) is 3.81. The van der Waals surface area contributed by atoms with Gasteiger partial charge in [-0.25, -0.2) is 0 Å². The summed E-state index contributed by atoms with van der Waals surface area (Å²) in [4.78, 5) is 0. The van der Waals surface area contributed by atoms with E-state index in [-0.39, 0.29) is 0 Å². The fourth-order valence-electron chi connectivity index (χ4n) is 1.82. The maximum absolute atomic E-state index is 3.61. The molecule has 1 aliphatic heterocycles. The van der Waals surface area contributed by atoms with Crippen LogP contribution in [0.4, 0.5) is 0 Å². The van der Waals surface area contributed by atoms with E-state index in [2.05, 4.69) is 40.3 Å². The molecule has 0 atom stereocenters. The van der Waals surface area contributed by atoms with Crippen LogP contribution in [0, 0.1) is 0 Å². The highest BCUT2D eigenvalue weighted by molar-refractivity contribution is 9.10. The summed E-state index contributed by atoms with van der Waals surface area (Å²) in [7, 11) is 0. The van der Waals surface area contributed by atoms with Gasteiger partial charge in [0.15, 0.2) is 0 Å². The molecule has 0 radical (unpaired) electrons. The number of aryl methyl sites for hydroxylation is 1. The van der Waals surface area contributed by atoms with Crippen LogP contribution in [0.15, 0.2) is 16.6 Å². The second-order valence-corrected chi connectivity index (χ2v) is 4.35. The van der Waals surface area contributed by atoms with Gasteiger partial charge in [-0.2, -0.15) is 0 Å². The van der Waals surface area contributed by atoms with E-state index in [4.69, 9.17) is 0 Å². The Balaban J connectivity index is 2.44. The Morgan fingerprint density at radius 2 is 2.23 bits per heavy atom. The topological polar surface area (TPSA) is 12.0 Å². The van der Waals surface area contributed by atoms with Gasteiger partial charge in [0.05, 0.1) is 0 Å². The summed E-state index contributed by atoms with van der Waals surface area (Å²) in [5.74, 6) is 0. The van der Waals surface area contributed by atoms with Crippen molar-refractivity contribution in [3.8, 4) is 0 Å². The fraction of sp³-hybridized carbons (Fsp3) is 0.455. The molecule has 1 aromatic rings. The Labute approximate surface area is 87.7 Å². The summed E-state index contributed by atoms with van der Waals surface area (Å²) in [6, 6.07) is 4.61. The third-order valence-corrected chi connectivity index (χ3v) is 3.37. The first-order valence-corrected chi connectivity index (χ1v) is 5.61. The summed E-state index contributed by atoms with van der Waals surface area (Å²) in [5.41, 5.74) is 4.41. The van der Waals surface area contributed by atoms with E-state index in [1.165, 1.54) is 27.6 Å².